The van der Waals surface area contributed by atoms with Crippen LogP contribution in [0.15, 0.2) is 56.3 Å². The second-order valence-electron chi connectivity index (χ2n) is 5.93. The third-order valence-electron chi connectivity index (χ3n) is 4.09. The summed E-state index contributed by atoms with van der Waals surface area (Å²) in [5.74, 6) is 0.580. The molecule has 0 fully saturated rings. The van der Waals surface area contributed by atoms with Crippen molar-refractivity contribution in [3.05, 3.63) is 56.6 Å². The van der Waals surface area contributed by atoms with E-state index in [9.17, 15) is 9.90 Å². The second-order valence-corrected chi connectivity index (χ2v) is 7.69. The third kappa shape index (κ3) is 3.58. The number of thiazole rings is 1. The number of nitrogens with one attached hydrogen (secondary N) is 1. The molecule has 0 spiro atoms. The van der Waals surface area contributed by atoms with Gasteiger partial charge in [-0.3, -0.25) is 9.79 Å². The largest absolute Gasteiger partial charge is 0.507 e. The maximum atomic E-state index is 11.6. The van der Waals surface area contributed by atoms with Gasteiger partial charge >= 0.3 is 0 Å². The molecular weight excluding hydrogens is 444 g/mol. The van der Waals surface area contributed by atoms with Gasteiger partial charge in [0.2, 0.25) is 4.80 Å². The molecule has 2 N–H and O–H groups in total. The van der Waals surface area contributed by atoms with Gasteiger partial charge in [-0.2, -0.15) is 5.10 Å². The Hall–Kier alpha value is -2.91. The highest BCUT2D eigenvalue weighted by Gasteiger charge is 2.17. The van der Waals surface area contributed by atoms with Crippen molar-refractivity contribution in [3.63, 3.8) is 0 Å². The Balaban J connectivity index is 1.77. The summed E-state index contributed by atoms with van der Waals surface area (Å²) in [5, 5.41) is 19.3. The lowest BCUT2D eigenvalue weighted by atomic mass is 10.1. The van der Waals surface area contributed by atoms with E-state index in [0.717, 1.165) is 15.7 Å². The van der Waals surface area contributed by atoms with Crippen LogP contribution in [0.1, 0.15) is 5.56 Å². The summed E-state index contributed by atoms with van der Waals surface area (Å²) in [6.45, 7) is 0.0179. The van der Waals surface area contributed by atoms with E-state index < -0.39 is 0 Å². The SMILES string of the molecule is CN=c1scc(-c2ccc3c(c2)NC(=O)CO3)n1N=Cc1cc(Br)ccc1O. The number of phenolic OH excluding ortho intramolecular Hbond substituents is 1. The molecule has 0 radical (unpaired) electrons. The molecular formula is C19H15BrN4O3S. The number of nitrogens with zero attached hydrogens (tertiary/aromatic N) is 3. The molecule has 1 aliphatic rings. The number of hydrogen-bond acceptors (Lipinski definition) is 6. The van der Waals surface area contributed by atoms with Crippen molar-refractivity contribution in [3.8, 4) is 22.8 Å². The summed E-state index contributed by atoms with van der Waals surface area (Å²) in [6, 6.07) is 10.7. The molecule has 1 aromatic heterocycles. The van der Waals surface area contributed by atoms with Crippen LogP contribution in [0.25, 0.3) is 11.3 Å². The first kappa shape index (κ1) is 18.5. The van der Waals surface area contributed by atoms with Crippen LogP contribution in [0, 0.1) is 0 Å². The lowest BCUT2D eigenvalue weighted by Crippen LogP contribution is -2.25. The molecule has 0 saturated carbocycles. The van der Waals surface area contributed by atoms with Gasteiger partial charge in [-0.05, 0) is 36.4 Å². The topological polar surface area (TPSA) is 88.2 Å². The van der Waals surface area contributed by atoms with Crippen molar-refractivity contribution in [1.82, 2.24) is 4.68 Å². The van der Waals surface area contributed by atoms with E-state index in [4.69, 9.17) is 4.74 Å². The van der Waals surface area contributed by atoms with Crippen molar-refractivity contribution >= 4 is 45.1 Å². The number of anilines is 1. The fourth-order valence-electron chi connectivity index (χ4n) is 2.75. The normalized spacial score (nSPS) is 14.1. The number of phenols is 1. The maximum Gasteiger partial charge on any atom is 0.262 e. The Morgan fingerprint density at radius 2 is 2.18 bits per heavy atom. The number of amides is 1. The quantitative estimate of drug-likeness (QED) is 0.589. The molecule has 4 rings (SSSR count). The van der Waals surface area contributed by atoms with Gasteiger partial charge in [0.25, 0.3) is 5.91 Å². The van der Waals surface area contributed by atoms with Crippen molar-refractivity contribution in [2.75, 3.05) is 19.0 Å². The van der Waals surface area contributed by atoms with Gasteiger partial charge < -0.3 is 15.2 Å². The third-order valence-corrected chi connectivity index (χ3v) is 5.49. The summed E-state index contributed by atoms with van der Waals surface area (Å²) in [5.41, 5.74) is 2.85. The average molecular weight is 459 g/mol. The Bertz CT molecular complexity index is 1170. The molecule has 142 valence electrons. The standard InChI is InChI=1S/C19H15BrN4O3S/c1-21-19-24(22-8-12-6-13(20)3-4-16(12)25)15(10-28-19)11-2-5-17-14(7-11)23-18(26)9-27-17/h2-8,10,25H,9H2,1H3,(H,23,26). The Labute approximate surface area is 172 Å². The summed E-state index contributed by atoms with van der Waals surface area (Å²) in [7, 11) is 1.69. The molecule has 0 saturated heterocycles. The predicted molar refractivity (Wildman–Crippen MR) is 112 cm³/mol. The van der Waals surface area contributed by atoms with E-state index in [1.807, 2.05) is 23.6 Å². The zero-order chi connectivity index (χ0) is 19.7. The fourth-order valence-corrected chi connectivity index (χ4v) is 3.93. The van der Waals surface area contributed by atoms with Gasteiger partial charge in [-0.25, -0.2) is 4.68 Å². The summed E-state index contributed by atoms with van der Waals surface area (Å²) in [4.78, 5) is 16.6. The molecule has 2 heterocycles. The van der Waals surface area contributed by atoms with Crippen LogP contribution in [-0.4, -0.2) is 35.6 Å². The number of fused-ring (bicyclic) bond motifs is 1. The van der Waals surface area contributed by atoms with Crippen LogP contribution < -0.4 is 14.9 Å². The van der Waals surface area contributed by atoms with Gasteiger partial charge in [0.1, 0.15) is 11.5 Å². The monoisotopic (exact) mass is 458 g/mol. The number of halogens is 1. The predicted octanol–water partition coefficient (Wildman–Crippen LogP) is 3.43. The Kier molecular flexibility index (Phi) is 5.01. The summed E-state index contributed by atoms with van der Waals surface area (Å²) in [6.07, 6.45) is 1.58. The highest BCUT2D eigenvalue weighted by molar-refractivity contribution is 9.10. The Morgan fingerprint density at radius 3 is 3.00 bits per heavy atom. The zero-order valence-electron chi connectivity index (χ0n) is 14.7. The number of rotatable bonds is 3. The van der Waals surface area contributed by atoms with Crippen LogP contribution in [0.5, 0.6) is 11.5 Å². The first-order chi connectivity index (χ1) is 13.5. The molecule has 3 aromatic rings. The van der Waals surface area contributed by atoms with Crippen molar-refractivity contribution in [2.24, 2.45) is 10.1 Å². The van der Waals surface area contributed by atoms with Crippen molar-refractivity contribution < 1.29 is 14.6 Å². The van der Waals surface area contributed by atoms with Crippen LogP contribution in [0.2, 0.25) is 0 Å². The van der Waals surface area contributed by atoms with Crippen molar-refractivity contribution in [2.45, 2.75) is 0 Å². The highest BCUT2D eigenvalue weighted by atomic mass is 79.9. The van der Waals surface area contributed by atoms with E-state index in [1.54, 1.807) is 36.1 Å². The van der Waals surface area contributed by atoms with Gasteiger partial charge in [0, 0.05) is 28.0 Å². The van der Waals surface area contributed by atoms with Gasteiger partial charge in [0.05, 0.1) is 17.6 Å². The minimum atomic E-state index is -0.185. The summed E-state index contributed by atoms with van der Waals surface area (Å²) >= 11 is 4.84. The molecule has 1 aliphatic heterocycles. The first-order valence-corrected chi connectivity index (χ1v) is 9.96. The number of carbonyl (C=O) groups is 1. The van der Waals surface area contributed by atoms with Crippen LogP contribution in [-0.2, 0) is 4.79 Å². The van der Waals surface area contributed by atoms with E-state index >= 15 is 0 Å². The minimum absolute atomic E-state index is 0.0179. The molecule has 0 atom stereocenters. The molecule has 0 unspecified atom stereocenters. The number of hydrogen-bond donors (Lipinski definition) is 2. The number of ether oxygens (including phenoxy) is 1. The van der Waals surface area contributed by atoms with E-state index in [-0.39, 0.29) is 18.3 Å². The van der Waals surface area contributed by atoms with Crippen molar-refractivity contribution in [1.29, 1.82) is 0 Å². The fraction of sp³-hybridized carbons (Fsp3) is 0.105. The maximum absolute atomic E-state index is 11.6. The van der Waals surface area contributed by atoms with E-state index in [2.05, 4.69) is 31.3 Å². The number of benzene rings is 2. The zero-order valence-corrected chi connectivity index (χ0v) is 17.1. The summed E-state index contributed by atoms with van der Waals surface area (Å²) < 4.78 is 7.95. The molecule has 0 aliphatic carbocycles. The molecule has 9 heteroatoms. The molecule has 28 heavy (non-hydrogen) atoms. The smallest absolute Gasteiger partial charge is 0.262 e. The lowest BCUT2D eigenvalue weighted by Gasteiger charge is -2.18. The molecule has 1 amide bonds. The molecule has 2 aromatic carbocycles. The molecule has 0 bridgehead atoms. The molecule has 7 nitrogen and oxygen atoms in total. The number of aromatic hydroxyl groups is 1. The van der Waals surface area contributed by atoms with Crippen LogP contribution in [0.3, 0.4) is 0 Å². The second kappa shape index (κ2) is 7.61. The van der Waals surface area contributed by atoms with E-state index in [1.165, 1.54) is 11.3 Å². The lowest BCUT2D eigenvalue weighted by molar-refractivity contribution is -0.118. The number of aromatic nitrogens is 1. The van der Waals surface area contributed by atoms with Gasteiger partial charge in [-0.15, -0.1) is 11.3 Å². The van der Waals surface area contributed by atoms with Gasteiger partial charge in [-0.1, -0.05) is 15.9 Å². The minimum Gasteiger partial charge on any atom is -0.507 e. The number of carbonyl (C=O) groups excluding carboxylic acids is 1. The van der Waals surface area contributed by atoms with Gasteiger partial charge in [0.15, 0.2) is 6.61 Å². The van der Waals surface area contributed by atoms with Crippen LogP contribution in [0.4, 0.5) is 5.69 Å². The Morgan fingerprint density at radius 1 is 1.32 bits per heavy atom. The highest BCUT2D eigenvalue weighted by Crippen LogP contribution is 2.33. The first-order valence-electron chi connectivity index (χ1n) is 8.28. The average Bonchev–Trinajstić information content (AvgIpc) is 3.11. The van der Waals surface area contributed by atoms with E-state index in [0.29, 0.717) is 21.8 Å². The van der Waals surface area contributed by atoms with Crippen LogP contribution >= 0.6 is 27.3 Å².